The number of nitrogens with one attached hydrogen (secondary N) is 1. The molecule has 0 aliphatic carbocycles. The second kappa shape index (κ2) is 6.03. The van der Waals surface area contributed by atoms with Gasteiger partial charge in [-0.15, -0.1) is 0 Å². The van der Waals surface area contributed by atoms with E-state index in [1.165, 1.54) is 6.92 Å². The van der Waals surface area contributed by atoms with Crippen molar-refractivity contribution in [1.29, 1.82) is 0 Å². The zero-order valence-corrected chi connectivity index (χ0v) is 10.8. The van der Waals surface area contributed by atoms with Gasteiger partial charge in [0.15, 0.2) is 0 Å². The summed E-state index contributed by atoms with van der Waals surface area (Å²) in [6.45, 7) is 6.04. The lowest BCUT2D eigenvalue weighted by molar-refractivity contribution is -0.119. The van der Waals surface area contributed by atoms with Gasteiger partial charge in [0.1, 0.15) is 0 Å². The number of amides is 1. The second-order valence-electron chi connectivity index (χ2n) is 3.57. The van der Waals surface area contributed by atoms with E-state index in [0.29, 0.717) is 6.54 Å². The number of aryl methyl sites for hydroxylation is 1. The van der Waals surface area contributed by atoms with Gasteiger partial charge in [0.05, 0.1) is 5.52 Å². The minimum absolute atomic E-state index is 0.0251. The van der Waals surface area contributed by atoms with Gasteiger partial charge in [-0.25, -0.2) is 0 Å². The normalized spacial score (nSPS) is 9.65. The van der Waals surface area contributed by atoms with Crippen LogP contribution in [-0.2, 0) is 18.4 Å². The number of aromatic nitrogens is 2. The number of nitrogens with zero attached hydrogens (tertiary/aromatic N) is 2. The molecule has 4 heteroatoms. The molecule has 0 aliphatic heterocycles. The van der Waals surface area contributed by atoms with Crippen molar-refractivity contribution in [3.63, 3.8) is 0 Å². The molecule has 2 aromatic rings. The number of fused-ring (bicyclic) bond motifs is 1. The number of rotatable bonds is 2. The van der Waals surface area contributed by atoms with E-state index >= 15 is 0 Å². The predicted molar refractivity (Wildman–Crippen MR) is 69.6 cm³/mol. The standard InChI is InChI=1S/C11H13N3O.C2H6/c1-8(15)12-6-9-4-3-5-10-7-14(2)13-11(9)10;1-2/h3-5,7H,6H2,1-2H3,(H,12,15);1-2H3. The molecule has 0 unspecified atom stereocenters. The van der Waals surface area contributed by atoms with Crippen LogP contribution in [0, 0.1) is 0 Å². The molecular formula is C13H19N3O. The Morgan fingerprint density at radius 3 is 2.76 bits per heavy atom. The molecule has 2 rings (SSSR count). The van der Waals surface area contributed by atoms with Crippen LogP contribution in [-0.4, -0.2) is 15.7 Å². The van der Waals surface area contributed by atoms with Crippen molar-refractivity contribution in [1.82, 2.24) is 15.1 Å². The summed E-state index contributed by atoms with van der Waals surface area (Å²) in [5, 5.41) is 8.23. The first-order chi connectivity index (χ1) is 8.16. The SMILES string of the molecule is CC.CC(=O)NCc1cccc2cn(C)nc12. The van der Waals surface area contributed by atoms with Crippen LogP contribution >= 0.6 is 0 Å². The van der Waals surface area contributed by atoms with Gasteiger partial charge >= 0.3 is 0 Å². The number of carbonyl (C=O) groups is 1. The highest BCUT2D eigenvalue weighted by molar-refractivity contribution is 5.82. The molecule has 17 heavy (non-hydrogen) atoms. The molecule has 4 nitrogen and oxygen atoms in total. The van der Waals surface area contributed by atoms with Gasteiger partial charge in [0, 0.05) is 32.1 Å². The molecule has 1 N–H and O–H groups in total. The van der Waals surface area contributed by atoms with Crippen molar-refractivity contribution in [2.75, 3.05) is 0 Å². The molecule has 1 aromatic carbocycles. The molecule has 0 aliphatic rings. The van der Waals surface area contributed by atoms with Gasteiger partial charge in [-0.3, -0.25) is 9.48 Å². The molecule has 0 fully saturated rings. The van der Waals surface area contributed by atoms with Crippen LogP contribution in [0.3, 0.4) is 0 Å². The third kappa shape index (κ3) is 3.31. The highest BCUT2D eigenvalue weighted by Gasteiger charge is 2.04. The third-order valence-electron chi connectivity index (χ3n) is 2.26. The summed E-state index contributed by atoms with van der Waals surface area (Å²) in [6, 6.07) is 5.96. The molecular weight excluding hydrogens is 214 g/mol. The van der Waals surface area contributed by atoms with E-state index < -0.39 is 0 Å². The molecule has 1 aromatic heterocycles. The van der Waals surface area contributed by atoms with Gasteiger partial charge in [-0.2, -0.15) is 5.10 Å². The quantitative estimate of drug-likeness (QED) is 0.864. The summed E-state index contributed by atoms with van der Waals surface area (Å²) in [5.74, 6) is -0.0251. The maximum absolute atomic E-state index is 10.8. The van der Waals surface area contributed by atoms with E-state index in [2.05, 4.69) is 10.4 Å². The van der Waals surface area contributed by atoms with E-state index in [1.54, 1.807) is 4.68 Å². The number of benzene rings is 1. The lowest BCUT2D eigenvalue weighted by atomic mass is 10.1. The minimum atomic E-state index is -0.0251. The smallest absolute Gasteiger partial charge is 0.217 e. The monoisotopic (exact) mass is 233 g/mol. The maximum Gasteiger partial charge on any atom is 0.217 e. The van der Waals surface area contributed by atoms with Crippen LogP contribution < -0.4 is 5.32 Å². The predicted octanol–water partition coefficient (Wildman–Crippen LogP) is 2.24. The van der Waals surface area contributed by atoms with E-state index in [1.807, 2.05) is 45.3 Å². The Labute approximate surface area is 102 Å². The summed E-state index contributed by atoms with van der Waals surface area (Å²) in [6.07, 6.45) is 1.96. The van der Waals surface area contributed by atoms with Gasteiger partial charge in [-0.1, -0.05) is 32.0 Å². The average molecular weight is 233 g/mol. The van der Waals surface area contributed by atoms with Gasteiger partial charge in [0.25, 0.3) is 0 Å². The molecule has 0 saturated heterocycles. The lowest BCUT2D eigenvalue weighted by Crippen LogP contribution is -2.19. The van der Waals surface area contributed by atoms with Crippen LogP contribution in [0.1, 0.15) is 26.3 Å². The zero-order chi connectivity index (χ0) is 12.8. The van der Waals surface area contributed by atoms with Crippen LogP contribution in [0.25, 0.3) is 10.9 Å². The summed E-state index contributed by atoms with van der Waals surface area (Å²) < 4.78 is 1.78. The Hall–Kier alpha value is -1.84. The van der Waals surface area contributed by atoms with Crippen molar-refractivity contribution in [3.8, 4) is 0 Å². The molecule has 0 bridgehead atoms. The number of hydrogen-bond acceptors (Lipinski definition) is 2. The summed E-state index contributed by atoms with van der Waals surface area (Å²) >= 11 is 0. The molecule has 1 heterocycles. The highest BCUT2D eigenvalue weighted by Crippen LogP contribution is 2.16. The Balaban J connectivity index is 0.000000686. The van der Waals surface area contributed by atoms with E-state index in [9.17, 15) is 4.79 Å². The van der Waals surface area contributed by atoms with Crippen molar-refractivity contribution in [3.05, 3.63) is 30.0 Å². The van der Waals surface area contributed by atoms with Crippen molar-refractivity contribution in [2.24, 2.45) is 7.05 Å². The van der Waals surface area contributed by atoms with Crippen molar-refractivity contribution >= 4 is 16.8 Å². The van der Waals surface area contributed by atoms with Crippen molar-refractivity contribution < 1.29 is 4.79 Å². The summed E-state index contributed by atoms with van der Waals surface area (Å²) in [4.78, 5) is 10.8. The second-order valence-corrected chi connectivity index (χ2v) is 3.57. The first-order valence-corrected chi connectivity index (χ1v) is 5.82. The van der Waals surface area contributed by atoms with Crippen LogP contribution in [0.2, 0.25) is 0 Å². The molecule has 0 radical (unpaired) electrons. The highest BCUT2D eigenvalue weighted by atomic mass is 16.1. The fourth-order valence-electron chi connectivity index (χ4n) is 1.59. The van der Waals surface area contributed by atoms with Crippen LogP contribution in [0.15, 0.2) is 24.4 Å². The largest absolute Gasteiger partial charge is 0.352 e. The molecule has 0 spiro atoms. The zero-order valence-electron chi connectivity index (χ0n) is 10.8. The fraction of sp³-hybridized carbons (Fsp3) is 0.385. The van der Waals surface area contributed by atoms with Gasteiger partial charge < -0.3 is 5.32 Å². The Bertz CT molecular complexity index is 502. The number of carbonyl (C=O) groups excluding carboxylic acids is 1. The van der Waals surface area contributed by atoms with E-state index in [4.69, 9.17) is 0 Å². The molecule has 0 atom stereocenters. The Kier molecular flexibility index (Phi) is 4.69. The molecule has 0 saturated carbocycles. The molecule has 92 valence electrons. The minimum Gasteiger partial charge on any atom is -0.352 e. The van der Waals surface area contributed by atoms with Crippen LogP contribution in [0.5, 0.6) is 0 Å². The Morgan fingerprint density at radius 2 is 2.12 bits per heavy atom. The van der Waals surface area contributed by atoms with Crippen molar-refractivity contribution in [2.45, 2.75) is 27.3 Å². The third-order valence-corrected chi connectivity index (χ3v) is 2.26. The first-order valence-electron chi connectivity index (χ1n) is 5.82. The Morgan fingerprint density at radius 1 is 1.41 bits per heavy atom. The lowest BCUT2D eigenvalue weighted by Gasteiger charge is -2.02. The van der Waals surface area contributed by atoms with E-state index in [-0.39, 0.29) is 5.91 Å². The van der Waals surface area contributed by atoms with Gasteiger partial charge in [0.2, 0.25) is 5.91 Å². The maximum atomic E-state index is 10.8. The van der Waals surface area contributed by atoms with Crippen LogP contribution in [0.4, 0.5) is 0 Å². The summed E-state index contributed by atoms with van der Waals surface area (Å²) in [5.41, 5.74) is 2.00. The van der Waals surface area contributed by atoms with Gasteiger partial charge in [-0.05, 0) is 5.56 Å². The van der Waals surface area contributed by atoms with E-state index in [0.717, 1.165) is 16.5 Å². The summed E-state index contributed by atoms with van der Waals surface area (Å²) in [7, 11) is 1.89. The fourth-order valence-corrected chi connectivity index (χ4v) is 1.59. The first kappa shape index (κ1) is 13.2. The average Bonchev–Trinajstić information content (AvgIpc) is 2.69. The number of hydrogen-bond donors (Lipinski definition) is 1. The molecule has 1 amide bonds. The topological polar surface area (TPSA) is 46.9 Å².